The van der Waals surface area contributed by atoms with E-state index in [9.17, 15) is 14.0 Å². The topological polar surface area (TPSA) is 69.6 Å². The van der Waals surface area contributed by atoms with Crippen molar-refractivity contribution in [2.45, 2.75) is 37.5 Å². The highest BCUT2D eigenvalue weighted by Gasteiger charge is 2.50. The van der Waals surface area contributed by atoms with Crippen LogP contribution in [0.3, 0.4) is 0 Å². The van der Waals surface area contributed by atoms with Gasteiger partial charge in [0.25, 0.3) is 0 Å². The second kappa shape index (κ2) is 5.59. The number of amides is 2. The normalized spacial score (nSPS) is 18.0. The monoisotopic (exact) mass is 306 g/mol. The zero-order valence-corrected chi connectivity index (χ0v) is 12.3. The molecule has 2 amide bonds. The van der Waals surface area contributed by atoms with Gasteiger partial charge in [-0.25, -0.2) is 9.18 Å². The van der Waals surface area contributed by atoms with Crippen LogP contribution in [-0.2, 0) is 10.2 Å². The maximum absolute atomic E-state index is 14.2. The number of nitrogens with zero attached hydrogens (tertiary/aromatic N) is 1. The lowest BCUT2D eigenvalue weighted by atomic mass is 9.65. The molecule has 1 aromatic rings. The minimum Gasteiger partial charge on any atom is -0.481 e. The third-order valence-electron chi connectivity index (χ3n) is 4.67. The molecule has 1 spiro atoms. The maximum atomic E-state index is 14.2. The summed E-state index contributed by atoms with van der Waals surface area (Å²) in [6.07, 6.45) is 3.28. The third kappa shape index (κ3) is 2.42. The van der Waals surface area contributed by atoms with Gasteiger partial charge in [0.05, 0.1) is 5.69 Å². The molecule has 6 heteroatoms. The van der Waals surface area contributed by atoms with Crippen molar-refractivity contribution in [3.63, 3.8) is 0 Å². The number of urea groups is 1. The molecule has 0 saturated heterocycles. The number of anilines is 1. The van der Waals surface area contributed by atoms with E-state index in [0.29, 0.717) is 30.8 Å². The molecule has 118 valence electrons. The Morgan fingerprint density at radius 2 is 2.14 bits per heavy atom. The number of nitrogens with one attached hydrogen (secondary N) is 1. The molecule has 1 aliphatic carbocycles. The Morgan fingerprint density at radius 1 is 1.36 bits per heavy atom. The first-order chi connectivity index (χ1) is 10.5. The van der Waals surface area contributed by atoms with Crippen molar-refractivity contribution in [1.82, 2.24) is 5.32 Å². The van der Waals surface area contributed by atoms with E-state index in [1.165, 1.54) is 6.07 Å². The summed E-state index contributed by atoms with van der Waals surface area (Å²) in [5.74, 6) is -1.12. The Balaban J connectivity index is 1.72. The van der Waals surface area contributed by atoms with Crippen molar-refractivity contribution in [3.8, 4) is 0 Å². The number of halogens is 1. The average molecular weight is 306 g/mol. The Labute approximate surface area is 128 Å². The van der Waals surface area contributed by atoms with Crippen LogP contribution in [0.5, 0.6) is 0 Å². The number of aliphatic carboxylic acids is 1. The molecule has 2 aliphatic rings. The molecular formula is C16H19FN2O3. The van der Waals surface area contributed by atoms with Crippen LogP contribution in [0.1, 0.15) is 37.7 Å². The van der Waals surface area contributed by atoms with Crippen LogP contribution >= 0.6 is 0 Å². The van der Waals surface area contributed by atoms with E-state index >= 15 is 0 Å². The van der Waals surface area contributed by atoms with Crippen LogP contribution in [0.15, 0.2) is 18.2 Å². The molecule has 0 unspecified atom stereocenters. The Morgan fingerprint density at radius 3 is 2.77 bits per heavy atom. The number of rotatable bonds is 4. The van der Waals surface area contributed by atoms with Gasteiger partial charge in [-0.1, -0.05) is 12.5 Å². The predicted molar refractivity (Wildman–Crippen MR) is 79.5 cm³/mol. The van der Waals surface area contributed by atoms with Gasteiger partial charge >= 0.3 is 12.0 Å². The van der Waals surface area contributed by atoms with Crippen LogP contribution in [-0.4, -0.2) is 30.2 Å². The molecule has 0 atom stereocenters. The predicted octanol–water partition coefficient (Wildman–Crippen LogP) is 2.64. The number of benzene rings is 1. The summed E-state index contributed by atoms with van der Waals surface area (Å²) in [6.45, 7) is 0.813. The summed E-state index contributed by atoms with van der Waals surface area (Å²) < 4.78 is 14.2. The number of carbonyl (C=O) groups is 2. The van der Waals surface area contributed by atoms with Gasteiger partial charge < -0.3 is 10.4 Å². The molecule has 1 aromatic carbocycles. The molecule has 0 bridgehead atoms. The van der Waals surface area contributed by atoms with E-state index in [1.54, 1.807) is 17.0 Å². The van der Waals surface area contributed by atoms with Gasteiger partial charge in [0.1, 0.15) is 5.82 Å². The number of hydrogen-bond donors (Lipinski definition) is 2. The molecule has 1 aliphatic heterocycles. The van der Waals surface area contributed by atoms with Crippen molar-refractivity contribution >= 4 is 17.7 Å². The number of carboxylic acid groups (broad SMARTS) is 1. The zero-order valence-electron chi connectivity index (χ0n) is 12.3. The quantitative estimate of drug-likeness (QED) is 0.840. The number of carbonyl (C=O) groups excluding carboxylic acids is 1. The fraction of sp³-hybridized carbons (Fsp3) is 0.500. The van der Waals surface area contributed by atoms with Gasteiger partial charge in [0.15, 0.2) is 0 Å². The summed E-state index contributed by atoms with van der Waals surface area (Å²) in [6, 6.07) is 4.58. The smallest absolute Gasteiger partial charge is 0.321 e. The molecule has 2 N–H and O–H groups in total. The Hall–Kier alpha value is -2.11. The molecule has 1 saturated carbocycles. The molecule has 3 rings (SSSR count). The van der Waals surface area contributed by atoms with E-state index in [1.807, 2.05) is 0 Å². The number of carboxylic acids is 1. The largest absolute Gasteiger partial charge is 0.481 e. The summed E-state index contributed by atoms with van der Waals surface area (Å²) in [5.41, 5.74) is 1.09. The van der Waals surface area contributed by atoms with Crippen LogP contribution in [0.4, 0.5) is 14.9 Å². The zero-order chi connectivity index (χ0) is 15.7. The second-order valence-corrected chi connectivity index (χ2v) is 6.08. The molecule has 1 heterocycles. The van der Waals surface area contributed by atoms with Gasteiger partial charge in [0, 0.05) is 30.5 Å². The fourth-order valence-corrected chi connectivity index (χ4v) is 3.45. The van der Waals surface area contributed by atoms with Crippen LogP contribution in [0.2, 0.25) is 0 Å². The van der Waals surface area contributed by atoms with Crippen molar-refractivity contribution in [2.24, 2.45) is 0 Å². The highest BCUT2D eigenvalue weighted by Crippen LogP contribution is 2.53. The van der Waals surface area contributed by atoms with Crippen molar-refractivity contribution in [3.05, 3.63) is 29.6 Å². The van der Waals surface area contributed by atoms with E-state index < -0.39 is 5.97 Å². The summed E-state index contributed by atoms with van der Waals surface area (Å²) in [7, 11) is 0. The van der Waals surface area contributed by atoms with Gasteiger partial charge in [0.2, 0.25) is 0 Å². The minimum atomic E-state index is -0.878. The molecule has 22 heavy (non-hydrogen) atoms. The van der Waals surface area contributed by atoms with Gasteiger partial charge in [-0.3, -0.25) is 9.69 Å². The van der Waals surface area contributed by atoms with E-state index in [4.69, 9.17) is 5.11 Å². The minimum absolute atomic E-state index is 0.0232. The average Bonchev–Trinajstić information content (AvgIpc) is 2.80. The molecule has 0 radical (unpaired) electrons. The molecule has 1 fully saturated rings. The van der Waals surface area contributed by atoms with Crippen molar-refractivity contribution in [2.75, 3.05) is 18.0 Å². The molecule has 5 nitrogen and oxygen atoms in total. The highest BCUT2D eigenvalue weighted by molar-refractivity contribution is 5.95. The van der Waals surface area contributed by atoms with Crippen LogP contribution in [0, 0.1) is 5.82 Å². The van der Waals surface area contributed by atoms with Gasteiger partial charge in [-0.2, -0.15) is 0 Å². The first-order valence-electron chi connectivity index (χ1n) is 7.60. The second-order valence-electron chi connectivity index (χ2n) is 6.08. The van der Waals surface area contributed by atoms with Crippen molar-refractivity contribution < 1.29 is 19.1 Å². The first-order valence-corrected chi connectivity index (χ1v) is 7.60. The summed E-state index contributed by atoms with van der Waals surface area (Å²) >= 11 is 0. The Kier molecular flexibility index (Phi) is 3.76. The summed E-state index contributed by atoms with van der Waals surface area (Å²) in [5, 5.41) is 11.3. The van der Waals surface area contributed by atoms with Gasteiger partial charge in [-0.15, -0.1) is 0 Å². The lowest BCUT2D eigenvalue weighted by molar-refractivity contribution is -0.137. The standard InChI is InChI=1S/C16H19FN2O3/c17-11-4-1-5-12-14(11)16(7-3-8-16)10-19(12)15(22)18-9-2-6-13(20)21/h1,4-5H,2-3,6-10H2,(H,18,22)(H,20,21). The molecular weight excluding hydrogens is 287 g/mol. The third-order valence-corrected chi connectivity index (χ3v) is 4.67. The lowest BCUT2D eigenvalue weighted by Gasteiger charge is -2.38. The van der Waals surface area contributed by atoms with Gasteiger partial charge in [-0.05, 0) is 31.4 Å². The SMILES string of the molecule is O=C(O)CCCNC(=O)N1CC2(CCC2)c2c(F)cccc21. The van der Waals surface area contributed by atoms with Crippen LogP contribution < -0.4 is 10.2 Å². The fourth-order valence-electron chi connectivity index (χ4n) is 3.45. The molecule has 0 aromatic heterocycles. The highest BCUT2D eigenvalue weighted by atomic mass is 19.1. The number of hydrogen-bond acceptors (Lipinski definition) is 2. The maximum Gasteiger partial charge on any atom is 0.321 e. The van der Waals surface area contributed by atoms with Crippen LogP contribution in [0.25, 0.3) is 0 Å². The van der Waals surface area contributed by atoms with Crippen molar-refractivity contribution in [1.29, 1.82) is 0 Å². The van der Waals surface area contributed by atoms with E-state index in [2.05, 4.69) is 5.32 Å². The number of fused-ring (bicyclic) bond motifs is 2. The van der Waals surface area contributed by atoms with E-state index in [0.717, 1.165) is 19.3 Å². The lowest BCUT2D eigenvalue weighted by Crippen LogP contribution is -2.45. The summed E-state index contributed by atoms with van der Waals surface area (Å²) in [4.78, 5) is 24.4. The Bertz CT molecular complexity index is 613. The first kappa shape index (κ1) is 14.8. The van der Waals surface area contributed by atoms with E-state index in [-0.39, 0.29) is 23.7 Å².